The van der Waals surface area contributed by atoms with E-state index in [9.17, 15) is 8.78 Å². The Morgan fingerprint density at radius 2 is 2.07 bits per heavy atom. The van der Waals surface area contributed by atoms with E-state index in [1.54, 1.807) is 17.9 Å². The lowest BCUT2D eigenvalue weighted by Gasteiger charge is -2.01. The lowest BCUT2D eigenvalue weighted by molar-refractivity contribution is 0.507. The van der Waals surface area contributed by atoms with Crippen molar-refractivity contribution < 1.29 is 8.78 Å². The van der Waals surface area contributed by atoms with Crippen LogP contribution in [-0.4, -0.2) is 14.8 Å². The third kappa shape index (κ3) is 2.01. The van der Waals surface area contributed by atoms with Crippen LogP contribution in [0, 0.1) is 11.6 Å². The molecule has 1 heterocycles. The second-order valence-electron chi connectivity index (χ2n) is 3.28. The highest BCUT2D eigenvalue weighted by atomic mass is 19.2. The molecule has 0 N–H and O–H groups in total. The van der Waals surface area contributed by atoms with Crippen LogP contribution in [0.4, 0.5) is 8.78 Å². The van der Waals surface area contributed by atoms with Crippen molar-refractivity contribution in [3.8, 4) is 0 Å². The summed E-state index contributed by atoms with van der Waals surface area (Å²) in [6.45, 7) is 0. The predicted molar refractivity (Wildman–Crippen MR) is 50.2 cm³/mol. The number of halogens is 2. The maximum absolute atomic E-state index is 12.9. The van der Waals surface area contributed by atoms with Crippen LogP contribution in [0.2, 0.25) is 0 Å². The number of aryl methyl sites for hydroxylation is 1. The molecule has 5 heteroatoms. The Balaban J connectivity index is 2.25. The van der Waals surface area contributed by atoms with Crippen molar-refractivity contribution >= 4 is 0 Å². The van der Waals surface area contributed by atoms with Gasteiger partial charge in [0.1, 0.15) is 12.2 Å². The van der Waals surface area contributed by atoms with Gasteiger partial charge in [0.2, 0.25) is 0 Å². The van der Waals surface area contributed by atoms with Gasteiger partial charge in [-0.3, -0.25) is 0 Å². The molecule has 0 radical (unpaired) electrons. The Bertz CT molecular complexity index is 479. The van der Waals surface area contributed by atoms with Crippen molar-refractivity contribution in [2.75, 3.05) is 0 Å². The largest absolute Gasteiger partial charge is 0.320 e. The Kier molecular flexibility index (Phi) is 2.45. The maximum Gasteiger partial charge on any atom is 0.159 e. The van der Waals surface area contributed by atoms with E-state index in [4.69, 9.17) is 0 Å². The number of hydrogen-bond donors (Lipinski definition) is 0. The second-order valence-corrected chi connectivity index (χ2v) is 3.28. The van der Waals surface area contributed by atoms with Crippen molar-refractivity contribution in [2.24, 2.45) is 7.05 Å². The molecule has 0 saturated heterocycles. The summed E-state index contributed by atoms with van der Waals surface area (Å²) in [6, 6.07) is 3.82. The van der Waals surface area contributed by atoms with Crippen molar-refractivity contribution in [3.63, 3.8) is 0 Å². The molecule has 2 aromatic rings. The topological polar surface area (TPSA) is 30.7 Å². The van der Waals surface area contributed by atoms with Crippen LogP contribution in [-0.2, 0) is 13.5 Å². The third-order valence-corrected chi connectivity index (χ3v) is 2.15. The molecule has 2 rings (SSSR count). The minimum absolute atomic E-state index is 0.438. The molecule has 0 fully saturated rings. The monoisotopic (exact) mass is 209 g/mol. The second kappa shape index (κ2) is 3.76. The standard InChI is InChI=1S/C10H9F2N3/c1-15-6-13-14-10(15)5-7-2-3-8(11)9(12)4-7/h2-4,6H,5H2,1H3. The van der Waals surface area contributed by atoms with Gasteiger partial charge in [0.25, 0.3) is 0 Å². The fraction of sp³-hybridized carbons (Fsp3) is 0.200. The van der Waals surface area contributed by atoms with Gasteiger partial charge in [-0.05, 0) is 17.7 Å². The number of benzene rings is 1. The summed E-state index contributed by atoms with van der Waals surface area (Å²) in [4.78, 5) is 0. The van der Waals surface area contributed by atoms with Gasteiger partial charge in [-0.15, -0.1) is 10.2 Å². The fourth-order valence-corrected chi connectivity index (χ4v) is 1.30. The van der Waals surface area contributed by atoms with Crippen molar-refractivity contribution in [1.82, 2.24) is 14.8 Å². The molecular weight excluding hydrogens is 200 g/mol. The van der Waals surface area contributed by atoms with E-state index in [-0.39, 0.29) is 0 Å². The van der Waals surface area contributed by atoms with Crippen molar-refractivity contribution in [3.05, 3.63) is 47.5 Å². The normalized spacial score (nSPS) is 10.6. The summed E-state index contributed by atoms with van der Waals surface area (Å²) in [5, 5.41) is 7.56. The van der Waals surface area contributed by atoms with Gasteiger partial charge in [-0.1, -0.05) is 6.07 Å². The first-order valence-corrected chi connectivity index (χ1v) is 4.43. The highest BCUT2D eigenvalue weighted by Gasteiger charge is 2.06. The number of nitrogens with zero attached hydrogens (tertiary/aromatic N) is 3. The molecule has 3 nitrogen and oxygen atoms in total. The first kappa shape index (κ1) is 9.76. The lowest BCUT2D eigenvalue weighted by Crippen LogP contribution is -1.99. The maximum atomic E-state index is 12.9. The summed E-state index contributed by atoms with van der Waals surface area (Å²) < 4.78 is 27.3. The van der Waals surface area contributed by atoms with E-state index >= 15 is 0 Å². The van der Waals surface area contributed by atoms with Gasteiger partial charge in [0.15, 0.2) is 11.6 Å². The van der Waals surface area contributed by atoms with Gasteiger partial charge in [0, 0.05) is 13.5 Å². The van der Waals surface area contributed by atoms with Crippen LogP contribution in [0.15, 0.2) is 24.5 Å². The van der Waals surface area contributed by atoms with E-state index in [0.717, 1.165) is 6.07 Å². The molecule has 1 aromatic heterocycles. The van der Waals surface area contributed by atoms with E-state index in [2.05, 4.69) is 10.2 Å². The van der Waals surface area contributed by atoms with Gasteiger partial charge in [-0.2, -0.15) is 0 Å². The quantitative estimate of drug-likeness (QED) is 0.753. The Labute approximate surface area is 85.4 Å². The lowest BCUT2D eigenvalue weighted by atomic mass is 10.1. The van der Waals surface area contributed by atoms with Gasteiger partial charge in [-0.25, -0.2) is 8.78 Å². The molecular formula is C10H9F2N3. The SMILES string of the molecule is Cn1cnnc1Cc1ccc(F)c(F)c1. The zero-order valence-electron chi connectivity index (χ0n) is 8.11. The molecule has 15 heavy (non-hydrogen) atoms. The highest BCUT2D eigenvalue weighted by molar-refractivity contribution is 5.21. The molecule has 0 aliphatic carbocycles. The summed E-state index contributed by atoms with van der Waals surface area (Å²) >= 11 is 0. The molecule has 0 saturated carbocycles. The van der Waals surface area contributed by atoms with Crippen LogP contribution in [0.5, 0.6) is 0 Å². The van der Waals surface area contributed by atoms with Crippen molar-refractivity contribution in [2.45, 2.75) is 6.42 Å². The Hall–Kier alpha value is -1.78. The zero-order chi connectivity index (χ0) is 10.8. The number of aromatic nitrogens is 3. The molecule has 0 spiro atoms. The average Bonchev–Trinajstić information content (AvgIpc) is 2.59. The number of hydrogen-bond acceptors (Lipinski definition) is 2. The summed E-state index contributed by atoms with van der Waals surface area (Å²) in [5.41, 5.74) is 0.671. The Morgan fingerprint density at radius 3 is 2.67 bits per heavy atom. The van der Waals surface area contributed by atoms with E-state index < -0.39 is 11.6 Å². The average molecular weight is 209 g/mol. The molecule has 1 aromatic carbocycles. The fourth-order valence-electron chi connectivity index (χ4n) is 1.30. The highest BCUT2D eigenvalue weighted by Crippen LogP contribution is 2.11. The first-order valence-electron chi connectivity index (χ1n) is 4.43. The predicted octanol–water partition coefficient (Wildman–Crippen LogP) is 1.68. The van der Waals surface area contributed by atoms with Crippen molar-refractivity contribution in [1.29, 1.82) is 0 Å². The van der Waals surface area contributed by atoms with Gasteiger partial charge >= 0.3 is 0 Å². The van der Waals surface area contributed by atoms with Crippen LogP contribution in [0.25, 0.3) is 0 Å². The summed E-state index contributed by atoms with van der Waals surface area (Å²) in [5.74, 6) is -0.965. The van der Waals surface area contributed by atoms with Crippen LogP contribution in [0.3, 0.4) is 0 Å². The van der Waals surface area contributed by atoms with E-state index in [1.165, 1.54) is 12.1 Å². The van der Waals surface area contributed by atoms with Gasteiger partial charge in [0.05, 0.1) is 0 Å². The van der Waals surface area contributed by atoms with Crippen LogP contribution >= 0.6 is 0 Å². The van der Waals surface area contributed by atoms with Crippen LogP contribution < -0.4 is 0 Å². The summed E-state index contributed by atoms with van der Waals surface area (Å²) in [6.07, 6.45) is 2.00. The molecule has 0 unspecified atom stereocenters. The number of rotatable bonds is 2. The molecule has 0 aliphatic rings. The summed E-state index contributed by atoms with van der Waals surface area (Å²) in [7, 11) is 1.80. The molecule has 0 bridgehead atoms. The van der Waals surface area contributed by atoms with Gasteiger partial charge < -0.3 is 4.57 Å². The van der Waals surface area contributed by atoms with E-state index in [1.807, 2.05) is 0 Å². The third-order valence-electron chi connectivity index (χ3n) is 2.15. The molecule has 78 valence electrons. The first-order chi connectivity index (χ1) is 7.16. The molecule has 0 aliphatic heterocycles. The van der Waals surface area contributed by atoms with E-state index in [0.29, 0.717) is 17.8 Å². The molecule has 0 amide bonds. The Morgan fingerprint density at radius 1 is 1.27 bits per heavy atom. The zero-order valence-corrected chi connectivity index (χ0v) is 8.11. The van der Waals surface area contributed by atoms with Crippen LogP contribution in [0.1, 0.15) is 11.4 Å². The smallest absolute Gasteiger partial charge is 0.159 e. The molecule has 0 atom stereocenters. The minimum atomic E-state index is -0.838. The minimum Gasteiger partial charge on any atom is -0.320 e.